The molecule has 0 saturated carbocycles. The summed E-state index contributed by atoms with van der Waals surface area (Å²) < 4.78 is 10.8. The van der Waals surface area contributed by atoms with Crippen molar-refractivity contribution < 1.29 is 14.3 Å². The Bertz CT molecular complexity index is 637. The van der Waals surface area contributed by atoms with Gasteiger partial charge in [-0.1, -0.05) is 6.92 Å². The van der Waals surface area contributed by atoms with Gasteiger partial charge < -0.3 is 24.6 Å². The number of likely N-dealkylation sites (tertiary alicyclic amines) is 2. The Balaban J connectivity index is 1.58. The molecule has 150 valence electrons. The van der Waals surface area contributed by atoms with E-state index in [1.165, 1.54) is 12.8 Å². The molecule has 0 aliphatic carbocycles. The van der Waals surface area contributed by atoms with Gasteiger partial charge in [0.1, 0.15) is 11.5 Å². The molecule has 2 unspecified atom stereocenters. The van der Waals surface area contributed by atoms with E-state index in [9.17, 15) is 4.79 Å². The lowest BCUT2D eigenvalue weighted by molar-refractivity contribution is 0.174. The van der Waals surface area contributed by atoms with Crippen molar-refractivity contribution >= 4 is 6.03 Å². The molecule has 2 aliphatic rings. The average molecular weight is 376 g/mol. The minimum absolute atomic E-state index is 0.0282. The van der Waals surface area contributed by atoms with Crippen molar-refractivity contribution in [3.05, 3.63) is 23.8 Å². The Hall–Kier alpha value is -1.95. The van der Waals surface area contributed by atoms with Crippen LogP contribution in [0.2, 0.25) is 0 Å². The van der Waals surface area contributed by atoms with Crippen LogP contribution in [-0.2, 0) is 0 Å². The molecule has 2 saturated heterocycles. The zero-order valence-corrected chi connectivity index (χ0v) is 16.9. The van der Waals surface area contributed by atoms with Crippen LogP contribution in [0.25, 0.3) is 0 Å². The zero-order chi connectivity index (χ0) is 19.2. The molecular weight excluding hydrogens is 342 g/mol. The van der Waals surface area contributed by atoms with Crippen molar-refractivity contribution in [1.29, 1.82) is 0 Å². The maximum Gasteiger partial charge on any atom is 0.317 e. The summed E-state index contributed by atoms with van der Waals surface area (Å²) in [5.74, 6) is 2.31. The van der Waals surface area contributed by atoms with E-state index in [0.717, 1.165) is 62.0 Å². The second-order valence-corrected chi connectivity index (χ2v) is 7.74. The topological polar surface area (TPSA) is 54.0 Å². The van der Waals surface area contributed by atoms with Gasteiger partial charge in [0, 0.05) is 37.8 Å². The number of amides is 2. The second-order valence-electron chi connectivity index (χ2n) is 7.74. The number of carbonyl (C=O) groups excluding carboxylic acids is 1. The molecule has 6 heteroatoms. The van der Waals surface area contributed by atoms with Crippen LogP contribution >= 0.6 is 0 Å². The van der Waals surface area contributed by atoms with Gasteiger partial charge in [-0.2, -0.15) is 0 Å². The fourth-order valence-electron chi connectivity index (χ4n) is 4.34. The van der Waals surface area contributed by atoms with E-state index >= 15 is 0 Å². The molecule has 2 amide bonds. The first-order valence-corrected chi connectivity index (χ1v) is 10.1. The minimum Gasteiger partial charge on any atom is -0.497 e. The number of nitrogens with zero attached hydrogens (tertiary/aromatic N) is 2. The molecule has 1 aromatic rings. The molecule has 2 heterocycles. The number of hydrogen-bond donors (Lipinski definition) is 1. The Morgan fingerprint density at radius 2 is 2.00 bits per heavy atom. The van der Waals surface area contributed by atoms with E-state index in [1.807, 2.05) is 23.1 Å². The van der Waals surface area contributed by atoms with Crippen molar-refractivity contribution in [3.8, 4) is 11.5 Å². The summed E-state index contributed by atoms with van der Waals surface area (Å²) in [4.78, 5) is 17.2. The SMILES string of the molecule is COc1ccc(C2CCCN2C(=O)NCCN2CCCC(C)C2)c(OC)c1. The maximum absolute atomic E-state index is 12.8. The van der Waals surface area contributed by atoms with Crippen molar-refractivity contribution in [2.24, 2.45) is 5.92 Å². The van der Waals surface area contributed by atoms with Crippen LogP contribution in [0.5, 0.6) is 11.5 Å². The average Bonchev–Trinajstić information content (AvgIpc) is 3.17. The van der Waals surface area contributed by atoms with E-state index in [-0.39, 0.29) is 12.1 Å². The standard InChI is InChI=1S/C21H33N3O3/c1-16-6-4-11-23(15-16)13-10-22-21(25)24-12-5-7-19(24)18-9-8-17(26-2)14-20(18)27-3/h8-9,14,16,19H,4-7,10-13,15H2,1-3H3,(H,22,25). The predicted molar refractivity (Wildman–Crippen MR) is 106 cm³/mol. The van der Waals surface area contributed by atoms with Gasteiger partial charge in [0.2, 0.25) is 0 Å². The monoisotopic (exact) mass is 375 g/mol. The number of urea groups is 1. The Morgan fingerprint density at radius 1 is 1.19 bits per heavy atom. The summed E-state index contributed by atoms with van der Waals surface area (Å²) in [6.07, 6.45) is 4.55. The molecule has 0 spiro atoms. The van der Waals surface area contributed by atoms with Crippen molar-refractivity contribution in [3.63, 3.8) is 0 Å². The van der Waals surface area contributed by atoms with Crippen molar-refractivity contribution in [2.45, 2.75) is 38.6 Å². The highest BCUT2D eigenvalue weighted by molar-refractivity contribution is 5.75. The largest absolute Gasteiger partial charge is 0.497 e. The highest BCUT2D eigenvalue weighted by Crippen LogP contribution is 2.38. The van der Waals surface area contributed by atoms with Gasteiger partial charge >= 0.3 is 6.03 Å². The molecule has 3 rings (SSSR count). The lowest BCUT2D eigenvalue weighted by atomic mass is 10.0. The molecule has 27 heavy (non-hydrogen) atoms. The number of carbonyl (C=O) groups is 1. The van der Waals surface area contributed by atoms with Crippen LogP contribution in [0.4, 0.5) is 4.79 Å². The van der Waals surface area contributed by atoms with E-state index in [2.05, 4.69) is 17.1 Å². The number of hydrogen-bond acceptors (Lipinski definition) is 4. The van der Waals surface area contributed by atoms with E-state index < -0.39 is 0 Å². The number of methoxy groups -OCH3 is 2. The van der Waals surface area contributed by atoms with Crippen LogP contribution < -0.4 is 14.8 Å². The normalized spacial score (nSPS) is 23.3. The molecule has 0 radical (unpaired) electrons. The Labute approximate surface area is 162 Å². The smallest absolute Gasteiger partial charge is 0.317 e. The van der Waals surface area contributed by atoms with E-state index in [1.54, 1.807) is 14.2 Å². The number of nitrogens with one attached hydrogen (secondary N) is 1. The fourth-order valence-corrected chi connectivity index (χ4v) is 4.34. The highest BCUT2D eigenvalue weighted by Gasteiger charge is 2.32. The third-order valence-corrected chi connectivity index (χ3v) is 5.76. The molecular formula is C21H33N3O3. The second kappa shape index (κ2) is 9.31. The summed E-state index contributed by atoms with van der Waals surface area (Å²) in [6.45, 7) is 7.02. The van der Waals surface area contributed by atoms with Gasteiger partial charge in [0.05, 0.1) is 20.3 Å². The first kappa shape index (κ1) is 19.8. The van der Waals surface area contributed by atoms with Crippen molar-refractivity contribution in [2.75, 3.05) is 46.9 Å². The summed E-state index contributed by atoms with van der Waals surface area (Å²) in [7, 11) is 3.31. The molecule has 2 aliphatic heterocycles. The van der Waals surface area contributed by atoms with Gasteiger partial charge in [-0.15, -0.1) is 0 Å². The van der Waals surface area contributed by atoms with Crippen LogP contribution in [0.1, 0.15) is 44.2 Å². The molecule has 2 fully saturated rings. The van der Waals surface area contributed by atoms with Gasteiger partial charge in [-0.05, 0) is 50.3 Å². The van der Waals surface area contributed by atoms with Gasteiger partial charge in [-0.25, -0.2) is 4.79 Å². The molecule has 0 bridgehead atoms. The third-order valence-electron chi connectivity index (χ3n) is 5.76. The molecule has 6 nitrogen and oxygen atoms in total. The summed E-state index contributed by atoms with van der Waals surface area (Å²) in [5.41, 5.74) is 1.05. The Kier molecular flexibility index (Phi) is 6.83. The predicted octanol–water partition coefficient (Wildman–Crippen LogP) is 3.28. The minimum atomic E-state index is 0.0282. The maximum atomic E-state index is 12.8. The van der Waals surface area contributed by atoms with E-state index in [4.69, 9.17) is 9.47 Å². The van der Waals surface area contributed by atoms with Crippen LogP contribution in [0.3, 0.4) is 0 Å². The Morgan fingerprint density at radius 3 is 2.74 bits per heavy atom. The van der Waals surface area contributed by atoms with Gasteiger partial charge in [0.25, 0.3) is 0 Å². The number of rotatable bonds is 6. The lowest BCUT2D eigenvalue weighted by Crippen LogP contribution is -2.44. The van der Waals surface area contributed by atoms with E-state index in [0.29, 0.717) is 6.54 Å². The summed E-state index contributed by atoms with van der Waals surface area (Å²) >= 11 is 0. The van der Waals surface area contributed by atoms with Crippen molar-refractivity contribution in [1.82, 2.24) is 15.1 Å². The molecule has 1 N–H and O–H groups in total. The van der Waals surface area contributed by atoms with Gasteiger partial charge in [0.15, 0.2) is 0 Å². The summed E-state index contributed by atoms with van der Waals surface area (Å²) in [5, 5.41) is 3.13. The summed E-state index contributed by atoms with van der Waals surface area (Å²) in [6, 6.07) is 5.93. The quantitative estimate of drug-likeness (QED) is 0.829. The zero-order valence-electron chi connectivity index (χ0n) is 16.9. The lowest BCUT2D eigenvalue weighted by Gasteiger charge is -2.31. The molecule has 1 aromatic carbocycles. The first-order valence-electron chi connectivity index (χ1n) is 10.1. The number of ether oxygens (including phenoxy) is 2. The number of piperidine rings is 1. The fraction of sp³-hybridized carbons (Fsp3) is 0.667. The third kappa shape index (κ3) is 4.86. The number of benzene rings is 1. The first-order chi connectivity index (χ1) is 13.1. The highest BCUT2D eigenvalue weighted by atomic mass is 16.5. The van der Waals surface area contributed by atoms with Crippen LogP contribution in [-0.4, -0.2) is 62.8 Å². The molecule has 2 atom stereocenters. The molecule has 0 aromatic heterocycles. The van der Waals surface area contributed by atoms with Crippen LogP contribution in [0, 0.1) is 5.92 Å². The van der Waals surface area contributed by atoms with Gasteiger partial charge in [-0.3, -0.25) is 0 Å². The van der Waals surface area contributed by atoms with Crippen LogP contribution in [0.15, 0.2) is 18.2 Å².